The fourth-order valence-electron chi connectivity index (χ4n) is 1.23. The minimum absolute atomic E-state index is 0.109. The zero-order valence-corrected chi connectivity index (χ0v) is 8.80. The number of rotatable bonds is 4. The Morgan fingerprint density at radius 1 is 1.64 bits per heavy atom. The highest BCUT2D eigenvalue weighted by atomic mass is 16.5. The van der Waals surface area contributed by atoms with Crippen LogP contribution in [-0.2, 0) is 4.74 Å². The van der Waals surface area contributed by atoms with Crippen LogP contribution in [-0.4, -0.2) is 44.9 Å². The van der Waals surface area contributed by atoms with Gasteiger partial charge in [0.05, 0.1) is 12.6 Å². The molecule has 82 valence electrons. The summed E-state index contributed by atoms with van der Waals surface area (Å²) in [5, 5.41) is 8.69. The molecule has 0 aliphatic carbocycles. The fraction of sp³-hybridized carbons (Fsp3) is 0.889. The molecule has 5 nitrogen and oxygen atoms in total. The molecule has 0 aromatic heterocycles. The first kappa shape index (κ1) is 11.3. The second-order valence-corrected chi connectivity index (χ2v) is 3.60. The van der Waals surface area contributed by atoms with Crippen molar-refractivity contribution in [3.05, 3.63) is 0 Å². The lowest BCUT2D eigenvalue weighted by Gasteiger charge is -2.14. The van der Waals surface area contributed by atoms with Crippen molar-refractivity contribution >= 4 is 6.03 Å². The van der Waals surface area contributed by atoms with Crippen LogP contribution in [0.2, 0.25) is 0 Å². The van der Waals surface area contributed by atoms with Gasteiger partial charge in [-0.25, -0.2) is 4.79 Å². The molecule has 2 unspecified atom stereocenters. The number of amides is 2. The maximum absolute atomic E-state index is 11.3. The van der Waals surface area contributed by atoms with E-state index >= 15 is 0 Å². The van der Waals surface area contributed by atoms with Crippen LogP contribution in [0.25, 0.3) is 0 Å². The summed E-state index contributed by atoms with van der Waals surface area (Å²) < 4.78 is 5.15. The van der Waals surface area contributed by atoms with Gasteiger partial charge in [-0.15, -0.1) is 0 Å². The van der Waals surface area contributed by atoms with Crippen LogP contribution in [0.4, 0.5) is 4.79 Å². The van der Waals surface area contributed by atoms with Crippen LogP contribution in [0, 0.1) is 0 Å². The predicted octanol–water partition coefficient (Wildman–Crippen LogP) is -0.318. The molecule has 2 amide bonds. The Balaban J connectivity index is 2.09. The summed E-state index contributed by atoms with van der Waals surface area (Å²) in [6.45, 7) is 4.03. The number of urea groups is 1. The van der Waals surface area contributed by atoms with Gasteiger partial charge >= 0.3 is 6.03 Å². The Kier molecular flexibility index (Phi) is 4.69. The van der Waals surface area contributed by atoms with Crippen LogP contribution < -0.4 is 16.0 Å². The third kappa shape index (κ3) is 3.93. The van der Waals surface area contributed by atoms with Gasteiger partial charge in [0.2, 0.25) is 0 Å². The first-order valence-electron chi connectivity index (χ1n) is 5.01. The van der Waals surface area contributed by atoms with E-state index in [1.165, 1.54) is 0 Å². The Morgan fingerprint density at radius 2 is 2.43 bits per heavy atom. The zero-order chi connectivity index (χ0) is 10.4. The van der Waals surface area contributed by atoms with Crippen molar-refractivity contribution in [3.63, 3.8) is 0 Å². The molecule has 1 heterocycles. The molecule has 0 radical (unpaired) electrons. The first-order chi connectivity index (χ1) is 6.72. The van der Waals surface area contributed by atoms with Gasteiger partial charge in [-0.2, -0.15) is 0 Å². The quantitative estimate of drug-likeness (QED) is 0.584. The lowest BCUT2D eigenvalue weighted by Crippen LogP contribution is -2.46. The van der Waals surface area contributed by atoms with Crippen LogP contribution in [0.5, 0.6) is 0 Å². The van der Waals surface area contributed by atoms with Crippen LogP contribution >= 0.6 is 0 Å². The first-order valence-corrected chi connectivity index (χ1v) is 5.01. The highest BCUT2D eigenvalue weighted by Gasteiger charge is 2.17. The van der Waals surface area contributed by atoms with E-state index in [4.69, 9.17) is 4.74 Å². The van der Waals surface area contributed by atoms with Gasteiger partial charge in [-0.1, -0.05) is 0 Å². The average Bonchev–Trinajstić information content (AvgIpc) is 2.66. The highest BCUT2D eigenvalue weighted by Crippen LogP contribution is 2.02. The number of hydrogen-bond donors (Lipinski definition) is 3. The normalized spacial score (nSPS) is 23.1. The van der Waals surface area contributed by atoms with Gasteiger partial charge in [0.1, 0.15) is 0 Å². The number of hydrogen-bond acceptors (Lipinski definition) is 3. The molecule has 0 spiro atoms. The number of likely N-dealkylation sites (N-methyl/N-ethyl adjacent to an activating group) is 1. The molecule has 1 rings (SSSR count). The summed E-state index contributed by atoms with van der Waals surface area (Å²) in [6, 6.07) is 0.364. The molecular formula is C9H19N3O2. The number of carbonyl (C=O) groups is 1. The van der Waals surface area contributed by atoms with Crippen molar-refractivity contribution < 1.29 is 9.53 Å². The SMILES string of the molecule is CNC(C)CNC(=O)NC1CCOC1. The molecule has 0 aromatic rings. The maximum Gasteiger partial charge on any atom is 0.315 e. The van der Waals surface area contributed by atoms with E-state index in [1.54, 1.807) is 0 Å². The van der Waals surface area contributed by atoms with E-state index in [2.05, 4.69) is 16.0 Å². The molecule has 0 saturated carbocycles. The van der Waals surface area contributed by atoms with Gasteiger partial charge in [-0.05, 0) is 20.4 Å². The number of carbonyl (C=O) groups excluding carboxylic acids is 1. The van der Waals surface area contributed by atoms with E-state index < -0.39 is 0 Å². The smallest absolute Gasteiger partial charge is 0.315 e. The van der Waals surface area contributed by atoms with Crippen LogP contribution in [0.3, 0.4) is 0 Å². The second-order valence-electron chi connectivity index (χ2n) is 3.60. The van der Waals surface area contributed by atoms with E-state index in [1.807, 2.05) is 14.0 Å². The zero-order valence-electron chi connectivity index (χ0n) is 8.80. The molecule has 0 bridgehead atoms. The number of nitrogens with one attached hydrogen (secondary N) is 3. The molecule has 5 heteroatoms. The Hall–Kier alpha value is -0.810. The third-order valence-electron chi connectivity index (χ3n) is 2.33. The summed E-state index contributed by atoms with van der Waals surface area (Å²) in [4.78, 5) is 11.3. The van der Waals surface area contributed by atoms with Crippen LogP contribution in [0.1, 0.15) is 13.3 Å². The van der Waals surface area contributed by atoms with E-state index in [0.717, 1.165) is 13.0 Å². The largest absolute Gasteiger partial charge is 0.379 e. The summed E-state index contributed by atoms with van der Waals surface area (Å²) >= 11 is 0. The Labute approximate surface area is 84.6 Å². The maximum atomic E-state index is 11.3. The summed E-state index contributed by atoms with van der Waals surface area (Å²) in [5.74, 6) is 0. The highest BCUT2D eigenvalue weighted by molar-refractivity contribution is 5.74. The molecule has 1 aliphatic rings. The lowest BCUT2D eigenvalue weighted by molar-refractivity contribution is 0.188. The minimum atomic E-state index is -0.109. The van der Waals surface area contributed by atoms with Gasteiger partial charge in [-0.3, -0.25) is 0 Å². The minimum Gasteiger partial charge on any atom is -0.379 e. The van der Waals surface area contributed by atoms with Crippen molar-refractivity contribution in [2.75, 3.05) is 26.8 Å². The van der Waals surface area contributed by atoms with Gasteiger partial charge in [0.15, 0.2) is 0 Å². The van der Waals surface area contributed by atoms with Gasteiger partial charge in [0.25, 0.3) is 0 Å². The summed E-state index contributed by atoms with van der Waals surface area (Å²) in [5.41, 5.74) is 0. The second kappa shape index (κ2) is 5.82. The van der Waals surface area contributed by atoms with Crippen LogP contribution in [0.15, 0.2) is 0 Å². The van der Waals surface area contributed by atoms with E-state index in [-0.39, 0.29) is 12.1 Å². The van der Waals surface area contributed by atoms with Crippen molar-refractivity contribution in [1.82, 2.24) is 16.0 Å². The fourth-order valence-corrected chi connectivity index (χ4v) is 1.23. The Morgan fingerprint density at radius 3 is 3.00 bits per heavy atom. The molecule has 0 aromatic carbocycles. The average molecular weight is 201 g/mol. The lowest BCUT2D eigenvalue weighted by atomic mass is 10.3. The molecule has 1 saturated heterocycles. The van der Waals surface area contributed by atoms with E-state index in [9.17, 15) is 4.79 Å². The predicted molar refractivity (Wildman–Crippen MR) is 54.3 cm³/mol. The van der Waals surface area contributed by atoms with Gasteiger partial charge in [0, 0.05) is 19.2 Å². The summed E-state index contributed by atoms with van der Waals surface area (Å²) in [7, 11) is 1.87. The topological polar surface area (TPSA) is 62.4 Å². The molecule has 14 heavy (non-hydrogen) atoms. The molecule has 2 atom stereocenters. The monoisotopic (exact) mass is 201 g/mol. The van der Waals surface area contributed by atoms with Gasteiger partial charge < -0.3 is 20.7 Å². The van der Waals surface area contributed by atoms with Crippen molar-refractivity contribution in [3.8, 4) is 0 Å². The van der Waals surface area contributed by atoms with E-state index in [0.29, 0.717) is 19.2 Å². The summed E-state index contributed by atoms with van der Waals surface area (Å²) in [6.07, 6.45) is 0.912. The standard InChI is InChI=1S/C9H19N3O2/c1-7(10-2)5-11-9(13)12-8-3-4-14-6-8/h7-8,10H,3-6H2,1-2H3,(H2,11,12,13). The molecule has 1 fully saturated rings. The molecule has 3 N–H and O–H groups in total. The van der Waals surface area contributed by atoms with Crippen molar-refractivity contribution in [2.24, 2.45) is 0 Å². The third-order valence-corrected chi connectivity index (χ3v) is 2.33. The van der Waals surface area contributed by atoms with Crippen molar-refractivity contribution in [2.45, 2.75) is 25.4 Å². The molecular weight excluding hydrogens is 182 g/mol. The molecule has 1 aliphatic heterocycles. The number of ether oxygens (including phenoxy) is 1. The van der Waals surface area contributed by atoms with Crippen molar-refractivity contribution in [1.29, 1.82) is 0 Å². The Bertz CT molecular complexity index is 181.